The fourth-order valence-corrected chi connectivity index (χ4v) is 9.19. The van der Waals surface area contributed by atoms with E-state index in [0.717, 1.165) is 42.0 Å². The molecule has 18 heteroatoms. The maximum atomic E-state index is 14.6. The topological polar surface area (TPSA) is 71.1 Å². The van der Waals surface area contributed by atoms with E-state index < -0.39 is 71.1 Å². The zero-order valence-electron chi connectivity index (χ0n) is 41.2. The molecule has 7 nitrogen and oxygen atoms in total. The molecule has 0 bridgehead atoms. The third-order valence-electron chi connectivity index (χ3n) is 13.0. The third kappa shape index (κ3) is 12.1. The Balaban J connectivity index is 0.000000217. The van der Waals surface area contributed by atoms with Crippen LogP contribution in [-0.2, 0) is 36.4 Å². The van der Waals surface area contributed by atoms with Crippen molar-refractivity contribution < 1.29 is 67.4 Å². The first-order chi connectivity index (χ1) is 34.6. The molecule has 74 heavy (non-hydrogen) atoms. The summed E-state index contributed by atoms with van der Waals surface area (Å²) in [6.07, 6.45) is -15.8. The number of benzene rings is 6. The van der Waals surface area contributed by atoms with E-state index in [-0.39, 0.29) is 47.8 Å². The molecular weight excluding hydrogens is 988 g/mol. The minimum Gasteiger partial charge on any atom is -0.496 e. The summed E-state index contributed by atoms with van der Waals surface area (Å²) < 4.78 is 162. The molecule has 1 N–H and O–H groups in total. The van der Waals surface area contributed by atoms with Crippen molar-refractivity contribution in [2.75, 3.05) is 13.7 Å². The average Bonchev–Trinajstić information content (AvgIpc) is 3.83. The number of methoxy groups -OCH3 is 1. The van der Waals surface area contributed by atoms with Crippen molar-refractivity contribution in [2.45, 2.75) is 103 Å². The van der Waals surface area contributed by atoms with E-state index in [4.69, 9.17) is 9.47 Å². The van der Waals surface area contributed by atoms with Crippen LogP contribution in [-0.4, -0.2) is 41.6 Å². The van der Waals surface area contributed by atoms with Crippen molar-refractivity contribution in [1.82, 2.24) is 15.1 Å². The van der Waals surface area contributed by atoms with Gasteiger partial charge >= 0.3 is 30.7 Å². The maximum Gasteiger partial charge on any atom is 0.416 e. The number of ether oxygens (including phenoxy) is 2. The van der Waals surface area contributed by atoms with Gasteiger partial charge < -0.3 is 19.7 Å². The molecule has 6 aromatic rings. The number of alkyl halides is 9. The molecule has 392 valence electrons. The van der Waals surface area contributed by atoms with Gasteiger partial charge in [-0.3, -0.25) is 4.90 Å². The molecule has 3 atom stereocenters. The molecule has 0 radical (unpaired) electrons. The van der Waals surface area contributed by atoms with E-state index in [1.54, 1.807) is 37.8 Å². The van der Waals surface area contributed by atoms with Gasteiger partial charge in [0.25, 0.3) is 0 Å². The fourth-order valence-electron chi connectivity index (χ4n) is 9.19. The lowest BCUT2D eigenvalue weighted by molar-refractivity contribution is -0.138. The molecular formula is C56H52F11N3O4. The second-order valence-corrected chi connectivity index (χ2v) is 19.0. The van der Waals surface area contributed by atoms with Gasteiger partial charge in [0, 0.05) is 24.7 Å². The summed E-state index contributed by atoms with van der Waals surface area (Å²) in [5.74, 6) is -1.02. The number of carbonyl (C=O) groups excluding carboxylic acids is 2. The normalized spacial score (nSPS) is 17.2. The second kappa shape index (κ2) is 21.4. The number of nitrogens with zero attached hydrogens (tertiary/aromatic N) is 2. The first-order valence-corrected chi connectivity index (χ1v) is 23.5. The van der Waals surface area contributed by atoms with Gasteiger partial charge in [-0.1, -0.05) is 87.9 Å². The Hall–Kier alpha value is -7.11. The first-order valence-electron chi connectivity index (χ1n) is 23.5. The Morgan fingerprint density at radius 2 is 1.27 bits per heavy atom. The van der Waals surface area contributed by atoms with E-state index in [1.165, 1.54) is 55.3 Å². The first kappa shape index (κ1) is 54.7. The monoisotopic (exact) mass is 1040 g/mol. The Morgan fingerprint density at radius 1 is 0.662 bits per heavy atom. The van der Waals surface area contributed by atoms with Crippen LogP contribution in [0.25, 0.3) is 22.3 Å². The van der Waals surface area contributed by atoms with Crippen molar-refractivity contribution in [3.05, 3.63) is 183 Å². The highest BCUT2D eigenvalue weighted by molar-refractivity contribution is 5.81. The number of nitrogens with one attached hydrogen (secondary N) is 1. The maximum absolute atomic E-state index is 14.6. The number of aryl methyl sites for hydroxylation is 1. The van der Waals surface area contributed by atoms with E-state index in [2.05, 4.69) is 5.32 Å². The lowest BCUT2D eigenvalue weighted by atomic mass is 9.89. The van der Waals surface area contributed by atoms with Crippen molar-refractivity contribution in [3.63, 3.8) is 0 Å². The lowest BCUT2D eigenvalue weighted by Gasteiger charge is -2.24. The molecule has 2 aliphatic rings. The molecule has 3 amide bonds. The van der Waals surface area contributed by atoms with Gasteiger partial charge in [0.1, 0.15) is 23.5 Å². The van der Waals surface area contributed by atoms with Crippen molar-refractivity contribution in [3.8, 4) is 28.0 Å². The quantitative estimate of drug-likeness (QED) is 0.131. The molecule has 1 unspecified atom stereocenters. The molecule has 8 rings (SSSR count). The van der Waals surface area contributed by atoms with Gasteiger partial charge in [0.2, 0.25) is 0 Å². The largest absolute Gasteiger partial charge is 0.496 e. The van der Waals surface area contributed by atoms with Crippen LogP contribution in [0.4, 0.5) is 57.9 Å². The number of hydrogen-bond acceptors (Lipinski definition) is 4. The van der Waals surface area contributed by atoms with Crippen LogP contribution in [0.5, 0.6) is 5.75 Å². The Morgan fingerprint density at radius 3 is 1.88 bits per heavy atom. The number of amides is 3. The Labute approximate surface area is 420 Å². The molecule has 0 aliphatic carbocycles. The highest BCUT2D eigenvalue weighted by atomic mass is 19.4. The fraction of sp³-hybridized carbons (Fsp3) is 0.321. The van der Waals surface area contributed by atoms with Crippen molar-refractivity contribution in [1.29, 1.82) is 0 Å². The van der Waals surface area contributed by atoms with E-state index in [1.807, 2.05) is 44.2 Å². The molecule has 2 saturated heterocycles. The van der Waals surface area contributed by atoms with Crippen LogP contribution in [0.2, 0.25) is 0 Å². The number of halogens is 11. The van der Waals surface area contributed by atoms with Gasteiger partial charge in [0.05, 0.1) is 42.4 Å². The van der Waals surface area contributed by atoms with E-state index in [0.29, 0.717) is 51.1 Å². The van der Waals surface area contributed by atoms with Gasteiger partial charge in [0.15, 0.2) is 0 Å². The smallest absolute Gasteiger partial charge is 0.416 e. The van der Waals surface area contributed by atoms with Gasteiger partial charge in [-0.05, 0) is 130 Å². The summed E-state index contributed by atoms with van der Waals surface area (Å²) in [4.78, 5) is 28.3. The number of urea groups is 1. The van der Waals surface area contributed by atoms with E-state index in [9.17, 15) is 57.9 Å². The Bertz CT molecular complexity index is 3030. The minimum absolute atomic E-state index is 0.134. The van der Waals surface area contributed by atoms with Crippen molar-refractivity contribution >= 4 is 12.1 Å². The Kier molecular flexibility index (Phi) is 15.8. The molecule has 0 aromatic heterocycles. The number of rotatable bonds is 11. The van der Waals surface area contributed by atoms with Gasteiger partial charge in [-0.2, -0.15) is 39.5 Å². The summed E-state index contributed by atoms with van der Waals surface area (Å²) in [6, 6.07) is 24.5. The number of hydrogen-bond donors (Lipinski definition) is 1. The molecule has 2 aliphatic heterocycles. The molecule has 0 saturated carbocycles. The second-order valence-electron chi connectivity index (χ2n) is 19.0. The van der Waals surface area contributed by atoms with Crippen LogP contribution in [0.3, 0.4) is 0 Å². The summed E-state index contributed by atoms with van der Waals surface area (Å²) >= 11 is 0. The predicted molar refractivity (Wildman–Crippen MR) is 257 cm³/mol. The zero-order valence-corrected chi connectivity index (χ0v) is 41.2. The molecule has 0 spiro atoms. The predicted octanol–water partition coefficient (Wildman–Crippen LogP) is 16.0. The number of cyclic esters (lactones) is 1. The highest BCUT2D eigenvalue weighted by Crippen LogP contribution is 2.44. The summed E-state index contributed by atoms with van der Waals surface area (Å²) in [7, 11) is 1.38. The van der Waals surface area contributed by atoms with Crippen LogP contribution >= 0.6 is 0 Å². The van der Waals surface area contributed by atoms with Gasteiger partial charge in [-0.15, -0.1) is 0 Å². The zero-order chi connectivity index (χ0) is 54.2. The molecule has 6 aromatic carbocycles. The average molecular weight is 1040 g/mol. The van der Waals surface area contributed by atoms with Gasteiger partial charge in [-0.25, -0.2) is 18.4 Å². The molecule has 2 heterocycles. The van der Waals surface area contributed by atoms with E-state index >= 15 is 0 Å². The molecule has 2 fully saturated rings. The standard InChI is InChI=1S/C29H26F7NO2.C27H26F4N2O2/c1-15(2)24-13-18(5-8-25(24)30)23-7-6-21(28(31,32)33)12-20(23)14-37-17(4)26(39-27(37)38)19-9-16(3)10-22(11-19)29(34,35)36;1-16(2)20-12-22(25(35-3)13-23(20)28)19-10-9-18(27(29,30)31)11-21(19)24-15-33(26(34)32-24)14-17-7-5-4-6-8-17/h5-13,15,17,26H,14H2,1-4H3;4-13,16,24H,14-15H2,1-3H3,(H,32,34)/t17-,26-;/m0./s1. The van der Waals surface area contributed by atoms with Crippen LogP contribution in [0.1, 0.15) is 114 Å². The SMILES string of the molecule is COc1cc(F)c(C(C)C)cc1-c1ccc(C(F)(F)F)cc1C1CN(Cc2ccccc2)C(=O)N1.Cc1cc([C@H]2OC(=O)N(Cc3cc(C(F)(F)F)ccc3-c3ccc(F)c(C(C)C)c3)[C@H]2C)cc(C(F)(F)F)c1. The van der Waals surface area contributed by atoms with Crippen LogP contribution in [0, 0.1) is 18.6 Å². The number of carbonyl (C=O) groups is 2. The van der Waals surface area contributed by atoms with Crippen molar-refractivity contribution in [2.24, 2.45) is 0 Å². The highest BCUT2D eigenvalue weighted by Gasteiger charge is 2.42. The third-order valence-corrected chi connectivity index (χ3v) is 13.0. The summed E-state index contributed by atoms with van der Waals surface area (Å²) in [6.45, 7) is 10.5. The minimum atomic E-state index is -4.66. The lowest BCUT2D eigenvalue weighted by Crippen LogP contribution is -2.31. The van der Waals surface area contributed by atoms with Crippen LogP contribution in [0.15, 0.2) is 115 Å². The summed E-state index contributed by atoms with van der Waals surface area (Å²) in [5.41, 5.74) is 1.70. The van der Waals surface area contributed by atoms with Crippen LogP contribution < -0.4 is 10.1 Å². The summed E-state index contributed by atoms with van der Waals surface area (Å²) in [5, 5.41) is 2.82.